The van der Waals surface area contributed by atoms with Gasteiger partial charge in [-0.1, -0.05) is 17.7 Å². The van der Waals surface area contributed by atoms with E-state index in [0.29, 0.717) is 0 Å². The van der Waals surface area contributed by atoms with E-state index in [-0.39, 0.29) is 27.6 Å². The van der Waals surface area contributed by atoms with Gasteiger partial charge in [0.25, 0.3) is 0 Å². The highest BCUT2D eigenvalue weighted by molar-refractivity contribution is 6.44. The van der Waals surface area contributed by atoms with Gasteiger partial charge in [-0.25, -0.2) is 4.39 Å². The first-order valence-electron chi connectivity index (χ1n) is 6.38. The third kappa shape index (κ3) is 3.83. The van der Waals surface area contributed by atoms with Crippen LogP contribution in [0.4, 0.5) is 21.5 Å². The van der Waals surface area contributed by atoms with Crippen LogP contribution < -0.4 is 16.4 Å². The molecule has 8 heteroatoms. The van der Waals surface area contributed by atoms with E-state index in [1.54, 1.807) is 12.1 Å². The molecule has 0 saturated heterocycles. The molecule has 0 aromatic heterocycles. The smallest absolute Gasteiger partial charge is 0.314 e. The third-order valence-corrected chi connectivity index (χ3v) is 3.22. The van der Waals surface area contributed by atoms with Crippen LogP contribution in [0.3, 0.4) is 0 Å². The van der Waals surface area contributed by atoms with Gasteiger partial charge in [-0.05, 0) is 30.3 Å². The summed E-state index contributed by atoms with van der Waals surface area (Å²) in [6.45, 7) is 0. The maximum absolute atomic E-state index is 13.3. The minimum absolute atomic E-state index is 0.0897. The van der Waals surface area contributed by atoms with Gasteiger partial charge in [-0.2, -0.15) is 0 Å². The number of amides is 2. The van der Waals surface area contributed by atoms with Gasteiger partial charge in [-0.3, -0.25) is 9.59 Å². The van der Waals surface area contributed by atoms with Gasteiger partial charge in [-0.15, -0.1) is 0 Å². The summed E-state index contributed by atoms with van der Waals surface area (Å²) >= 11 is 5.54. The van der Waals surface area contributed by atoms with Crippen LogP contribution in [0.25, 0.3) is 0 Å². The molecule has 118 valence electrons. The van der Waals surface area contributed by atoms with Crippen LogP contribution in [0.15, 0.2) is 36.4 Å². The van der Waals surface area contributed by atoms with E-state index in [2.05, 4.69) is 10.6 Å². The third-order valence-electron chi connectivity index (χ3n) is 2.92. The molecule has 0 unspecified atom stereocenters. The molecule has 0 aliphatic heterocycles. The number of nitrogen functional groups attached to an aromatic ring is 1. The lowest BCUT2D eigenvalue weighted by Gasteiger charge is -2.10. The molecule has 5 N–H and O–H groups in total. The summed E-state index contributed by atoms with van der Waals surface area (Å²) in [5.41, 5.74) is 6.57. The van der Waals surface area contributed by atoms with Gasteiger partial charge in [0.05, 0.1) is 10.7 Å². The van der Waals surface area contributed by atoms with Crippen LogP contribution in [-0.2, 0) is 9.59 Å². The fourth-order valence-electron chi connectivity index (χ4n) is 1.79. The molecule has 2 aromatic carbocycles. The van der Waals surface area contributed by atoms with E-state index in [0.717, 1.165) is 12.3 Å². The maximum atomic E-state index is 13.3. The second kappa shape index (κ2) is 6.89. The maximum Gasteiger partial charge on any atom is 0.314 e. The van der Waals surface area contributed by atoms with Crippen LogP contribution in [-0.4, -0.2) is 18.0 Å². The quantitative estimate of drug-likeness (QED) is 0.393. The number of halogens is 2. The molecule has 0 fully saturated rings. The summed E-state index contributed by atoms with van der Waals surface area (Å²) in [7, 11) is 0. The second-order valence-electron chi connectivity index (χ2n) is 4.49. The molecule has 0 aliphatic carbocycles. The SMILES string of the molecule is N=Cc1c(N)cccc1NC(=O)C(=O)Nc1ccc(Cl)c(F)c1. The molecule has 0 radical (unpaired) electrons. The Morgan fingerprint density at radius 2 is 1.87 bits per heavy atom. The Labute approximate surface area is 136 Å². The van der Waals surface area contributed by atoms with Crippen LogP contribution in [0.1, 0.15) is 5.56 Å². The lowest BCUT2D eigenvalue weighted by molar-refractivity contribution is -0.133. The molecular weight excluding hydrogens is 323 g/mol. The Bertz CT molecular complexity index is 795. The summed E-state index contributed by atoms with van der Waals surface area (Å²) in [6.07, 6.45) is 0.970. The van der Waals surface area contributed by atoms with Crippen molar-refractivity contribution in [2.24, 2.45) is 0 Å². The zero-order valence-electron chi connectivity index (χ0n) is 11.7. The summed E-state index contributed by atoms with van der Waals surface area (Å²) in [5.74, 6) is -2.69. The van der Waals surface area contributed by atoms with Gasteiger partial charge >= 0.3 is 11.8 Å². The molecule has 6 nitrogen and oxygen atoms in total. The van der Waals surface area contributed by atoms with Crippen molar-refractivity contribution in [1.82, 2.24) is 0 Å². The summed E-state index contributed by atoms with van der Waals surface area (Å²) in [4.78, 5) is 23.7. The van der Waals surface area contributed by atoms with Crippen molar-refractivity contribution in [3.05, 3.63) is 52.8 Å². The van der Waals surface area contributed by atoms with Crippen molar-refractivity contribution < 1.29 is 14.0 Å². The number of anilines is 3. The fraction of sp³-hybridized carbons (Fsp3) is 0. The molecule has 0 heterocycles. The van der Waals surface area contributed by atoms with Crippen molar-refractivity contribution in [2.45, 2.75) is 0 Å². The molecule has 23 heavy (non-hydrogen) atoms. The van der Waals surface area contributed by atoms with Crippen LogP contribution >= 0.6 is 11.6 Å². The highest BCUT2D eigenvalue weighted by Crippen LogP contribution is 2.21. The van der Waals surface area contributed by atoms with E-state index in [4.69, 9.17) is 22.7 Å². The van der Waals surface area contributed by atoms with Crippen molar-refractivity contribution in [2.75, 3.05) is 16.4 Å². The predicted molar refractivity (Wildman–Crippen MR) is 87.4 cm³/mol. The van der Waals surface area contributed by atoms with Crippen molar-refractivity contribution >= 4 is 46.7 Å². The van der Waals surface area contributed by atoms with Gasteiger partial charge in [0.2, 0.25) is 0 Å². The summed E-state index contributed by atoms with van der Waals surface area (Å²) < 4.78 is 13.3. The highest BCUT2D eigenvalue weighted by atomic mass is 35.5. The minimum atomic E-state index is -0.995. The number of carbonyl (C=O) groups is 2. The number of hydrogen-bond acceptors (Lipinski definition) is 4. The van der Waals surface area contributed by atoms with Gasteiger partial charge in [0.15, 0.2) is 0 Å². The van der Waals surface area contributed by atoms with Gasteiger partial charge in [0.1, 0.15) is 5.82 Å². The van der Waals surface area contributed by atoms with E-state index in [9.17, 15) is 14.0 Å². The Kier molecular flexibility index (Phi) is 4.92. The number of hydrogen-bond donors (Lipinski definition) is 4. The Hall–Kier alpha value is -2.93. The summed E-state index contributed by atoms with van der Waals surface area (Å²) in [5, 5.41) is 11.8. The van der Waals surface area contributed by atoms with Gasteiger partial charge < -0.3 is 21.8 Å². The number of nitrogens with two attached hydrogens (primary N) is 1. The second-order valence-corrected chi connectivity index (χ2v) is 4.90. The molecule has 2 rings (SSSR count). The van der Waals surface area contributed by atoms with Crippen molar-refractivity contribution in [3.8, 4) is 0 Å². The zero-order chi connectivity index (χ0) is 17.0. The first-order chi connectivity index (χ1) is 10.9. The highest BCUT2D eigenvalue weighted by Gasteiger charge is 2.16. The number of rotatable bonds is 3. The van der Waals surface area contributed by atoms with Gasteiger partial charge in [0, 0.05) is 23.2 Å². The van der Waals surface area contributed by atoms with Crippen LogP contribution in [0.5, 0.6) is 0 Å². The number of carbonyl (C=O) groups excluding carboxylic acids is 2. The summed E-state index contributed by atoms with van der Waals surface area (Å²) in [6, 6.07) is 8.26. The molecule has 2 amide bonds. The Morgan fingerprint density at radius 3 is 2.52 bits per heavy atom. The Morgan fingerprint density at radius 1 is 1.17 bits per heavy atom. The molecule has 2 aromatic rings. The van der Waals surface area contributed by atoms with Crippen LogP contribution in [0, 0.1) is 11.2 Å². The first kappa shape index (κ1) is 16.4. The molecule has 0 saturated carbocycles. The minimum Gasteiger partial charge on any atom is -0.398 e. The Balaban J connectivity index is 2.11. The number of nitrogens with one attached hydrogen (secondary N) is 3. The molecule has 0 spiro atoms. The standard InChI is InChI=1S/C15H12ClFN4O2/c16-10-5-4-8(6-11(10)17)20-14(22)15(23)21-13-3-1-2-12(19)9(13)7-18/h1-7,18H,19H2,(H,20,22)(H,21,23). The largest absolute Gasteiger partial charge is 0.398 e. The van der Waals surface area contributed by atoms with E-state index in [1.807, 2.05) is 0 Å². The molecule has 0 atom stereocenters. The molecule has 0 aliphatic rings. The van der Waals surface area contributed by atoms with Crippen molar-refractivity contribution in [3.63, 3.8) is 0 Å². The fourth-order valence-corrected chi connectivity index (χ4v) is 1.91. The van der Waals surface area contributed by atoms with E-state index >= 15 is 0 Å². The van der Waals surface area contributed by atoms with E-state index < -0.39 is 17.6 Å². The zero-order valence-corrected chi connectivity index (χ0v) is 12.4. The monoisotopic (exact) mass is 334 g/mol. The lowest BCUT2D eigenvalue weighted by atomic mass is 10.1. The lowest BCUT2D eigenvalue weighted by Crippen LogP contribution is -2.29. The topological polar surface area (TPSA) is 108 Å². The number of benzene rings is 2. The average molecular weight is 335 g/mol. The molecular formula is C15H12ClFN4O2. The van der Waals surface area contributed by atoms with E-state index in [1.165, 1.54) is 18.2 Å². The van der Waals surface area contributed by atoms with Crippen molar-refractivity contribution in [1.29, 1.82) is 5.41 Å². The first-order valence-corrected chi connectivity index (χ1v) is 6.76. The predicted octanol–water partition coefficient (Wildman–Crippen LogP) is 2.64. The van der Waals surface area contributed by atoms with Crippen LogP contribution in [0.2, 0.25) is 5.02 Å². The molecule has 0 bridgehead atoms. The average Bonchev–Trinajstić information content (AvgIpc) is 2.51. The normalized spacial score (nSPS) is 10.0.